The van der Waals surface area contributed by atoms with Crippen molar-refractivity contribution in [2.24, 2.45) is 21.1 Å². The molecule has 0 aliphatic carbocycles. The van der Waals surface area contributed by atoms with E-state index in [1.54, 1.807) is 111 Å². The highest BCUT2D eigenvalue weighted by Gasteiger charge is 2.41. The summed E-state index contributed by atoms with van der Waals surface area (Å²) in [6.07, 6.45) is 2.95. The molecule has 712 valence electrons. The summed E-state index contributed by atoms with van der Waals surface area (Å²) >= 11 is 0. The van der Waals surface area contributed by atoms with Crippen LogP contribution in [0.4, 0.5) is 136 Å². The highest BCUT2D eigenvalue weighted by Crippen LogP contribution is 2.45. The molecule has 0 spiro atoms. The number of anilines is 12. The lowest BCUT2D eigenvalue weighted by Gasteiger charge is -2.37. The van der Waals surface area contributed by atoms with E-state index in [2.05, 4.69) is 59.4 Å². The largest absolute Gasteiger partial charge is 0.497 e. The van der Waals surface area contributed by atoms with E-state index in [0.29, 0.717) is 98.4 Å². The number of carbonyl (C=O) groups excluding carboxylic acids is 4. The first kappa shape index (κ1) is 90.3. The number of rotatable bonds is 26. The molecule has 33 nitrogen and oxygen atoms in total. The van der Waals surface area contributed by atoms with Crippen molar-refractivity contribution in [2.45, 2.75) is 79.6 Å². The number of aromatic nitrogens is 12. The highest BCUT2D eigenvalue weighted by molar-refractivity contribution is 6.14. The third kappa shape index (κ3) is 20.9. The molecule has 0 unspecified atom stereocenters. The zero-order valence-corrected chi connectivity index (χ0v) is 73.7. The van der Waals surface area contributed by atoms with E-state index in [-0.39, 0.29) is 102 Å². The van der Waals surface area contributed by atoms with Crippen LogP contribution in [0.2, 0.25) is 0 Å². The molecule has 4 aliphatic heterocycles. The van der Waals surface area contributed by atoms with E-state index >= 15 is 0 Å². The SMILES string of the molecule is CCOc1cnc2c(n1)N(c1ccc(OC(F)F)cc1)C(=O)N(c1ccc(OC)cc1)C2.CCOc1cnc2c(n1)N(c1ccc(OC(F)F)cc1)C(=O)N(c1ccc3nn(C)cc3c1)C2.Cn1cc2cc(N3Cc4cc(F)c(OCC(F)F)nc4N(c4ccc(OC(F)F)cc4)C3=O)ccc2n1.[2H]C([2H])([2H])Oc1ccc(N2C(=O)N(c3ccc4nn(C)cc4c3)Cc3c(C)cc(OCC(F)F)nc32)cc1. The second kappa shape index (κ2) is 40.9. The number of hydrogen-bond acceptors (Lipinski definition) is 22. The predicted octanol–water partition coefficient (Wildman–Crippen LogP) is 20.2. The first-order valence-electron chi connectivity index (χ1n) is 43.4. The lowest BCUT2D eigenvalue weighted by atomic mass is 10.1. The van der Waals surface area contributed by atoms with Crippen molar-refractivity contribution in [3.63, 3.8) is 0 Å². The molecule has 0 saturated heterocycles. The summed E-state index contributed by atoms with van der Waals surface area (Å²) < 4.78 is 212. The first-order valence-corrected chi connectivity index (χ1v) is 41.9. The number of ether oxygens (including phenoxy) is 9. The van der Waals surface area contributed by atoms with Gasteiger partial charge in [-0.3, -0.25) is 33.6 Å². The molecular weight excluding hydrogens is 1830 g/mol. The Kier molecular flexibility index (Phi) is 26.8. The summed E-state index contributed by atoms with van der Waals surface area (Å²) in [7, 11) is 4.33. The molecule has 0 N–H and O–H groups in total. The van der Waals surface area contributed by atoms with Crippen LogP contribution in [0, 0.1) is 12.7 Å². The number of halogens is 11. The van der Waals surface area contributed by atoms with Crippen LogP contribution in [0.5, 0.6) is 52.3 Å². The Balaban J connectivity index is 0.000000136. The average Bonchev–Trinajstić information content (AvgIpc) is 1.41. The Labute approximate surface area is 781 Å². The Morgan fingerprint density at radius 1 is 0.377 bits per heavy atom. The lowest BCUT2D eigenvalue weighted by molar-refractivity contribution is -0.0505. The Bertz CT molecular complexity index is 7090. The van der Waals surface area contributed by atoms with Crippen LogP contribution in [0.1, 0.15) is 46.0 Å². The minimum absolute atomic E-state index is 0.0172. The number of hydrogen-bond donors (Lipinski definition) is 0. The number of pyridine rings is 2. The van der Waals surface area contributed by atoms with E-state index in [1.807, 2.05) is 70.7 Å². The minimum atomic E-state index is -3.04. The van der Waals surface area contributed by atoms with Gasteiger partial charge in [0, 0.05) is 95.8 Å². The Hall–Kier alpha value is -16.9. The van der Waals surface area contributed by atoms with Gasteiger partial charge in [0.2, 0.25) is 17.6 Å². The van der Waals surface area contributed by atoms with E-state index < -0.39 is 76.7 Å². The molecule has 0 fully saturated rings. The highest BCUT2D eigenvalue weighted by atomic mass is 19.3. The van der Waals surface area contributed by atoms with Gasteiger partial charge in [-0.25, -0.2) is 70.7 Å². The van der Waals surface area contributed by atoms with Crippen LogP contribution in [0.15, 0.2) is 219 Å². The van der Waals surface area contributed by atoms with Crippen LogP contribution in [-0.2, 0) is 47.3 Å². The van der Waals surface area contributed by atoms with Crippen LogP contribution >= 0.6 is 0 Å². The number of nitrogens with zero attached hydrogens (tertiary/aromatic N) is 20. The summed E-state index contributed by atoms with van der Waals surface area (Å²) in [5.74, 6) is 0.248. The van der Waals surface area contributed by atoms with Gasteiger partial charge in [0.05, 0.1) is 109 Å². The maximum atomic E-state index is 14.7. The molecule has 15 aromatic rings. The number of urea groups is 4. The molecule has 7 aromatic heterocycles. The van der Waals surface area contributed by atoms with Crippen LogP contribution in [0.25, 0.3) is 32.7 Å². The van der Waals surface area contributed by atoms with Crippen molar-refractivity contribution in [3.8, 4) is 52.3 Å². The molecule has 44 heteroatoms. The van der Waals surface area contributed by atoms with Crippen LogP contribution in [0.3, 0.4) is 0 Å². The Morgan fingerprint density at radius 3 is 1.12 bits per heavy atom. The van der Waals surface area contributed by atoms with Crippen molar-refractivity contribution in [1.82, 2.24) is 59.2 Å². The number of aryl methyl sites for hydroxylation is 4. The maximum Gasteiger partial charge on any atom is 0.387 e. The number of amides is 8. The van der Waals surface area contributed by atoms with Crippen LogP contribution < -0.4 is 81.8 Å². The molecule has 19 rings (SSSR count). The van der Waals surface area contributed by atoms with Crippen molar-refractivity contribution in [3.05, 3.63) is 253 Å². The van der Waals surface area contributed by atoms with Gasteiger partial charge in [-0.2, -0.15) is 61.6 Å². The molecule has 0 saturated carbocycles. The fourth-order valence-corrected chi connectivity index (χ4v) is 15.3. The zero-order valence-electron chi connectivity index (χ0n) is 76.7. The van der Waals surface area contributed by atoms with Gasteiger partial charge in [-0.05, 0) is 208 Å². The molecule has 0 radical (unpaired) electrons. The van der Waals surface area contributed by atoms with Gasteiger partial charge >= 0.3 is 44.0 Å². The number of benzene rings is 8. The van der Waals surface area contributed by atoms with Crippen LogP contribution in [-0.4, -0.2) is 157 Å². The predicted molar refractivity (Wildman–Crippen MR) is 485 cm³/mol. The molecule has 4 aliphatic rings. The fraction of sp³-hybridized carbons (Fsp3) is 0.223. The monoisotopic (exact) mass is 1910 g/mol. The van der Waals surface area contributed by atoms with Crippen molar-refractivity contribution < 1.29 is 114 Å². The van der Waals surface area contributed by atoms with E-state index in [1.165, 1.54) is 129 Å². The summed E-state index contributed by atoms with van der Waals surface area (Å²) in [4.78, 5) is 92.5. The first-order chi connectivity index (χ1) is 67.6. The Morgan fingerprint density at radius 2 is 0.725 bits per heavy atom. The molecule has 11 heterocycles. The number of methoxy groups -OCH3 is 2. The van der Waals surface area contributed by atoms with Gasteiger partial charge in [-0.1, -0.05) is 0 Å². The second-order valence-corrected chi connectivity index (χ2v) is 30.4. The standard InChI is InChI=1S/C25H23F2N5O3.C24H18F5N5O3.C23H20F2N6O3.C22H20F2N4O4/c1-15-10-23(35-14-22(26)27)28-24-20(15)13-31(18-6-9-21-16(11-18)12-30(2)29-21)25(33)32(24)17-4-7-19(34-3)8-5-17;1-32-10-13-8-16(4-7-19(13)31-32)33-11-14-9-18(25)22(36-12-20(26)27)30-21(14)34(24(33)35)15-2-5-17(6-3-15)37-23(28)29;1-3-33-20-11-26-19-13-30(16-6-9-18-14(10-16)12-29(2)28-18)23(32)31(21(19)27-20)15-4-7-17(8-5-15)34-22(24)25;1-3-31-19-12-25-18-13-27(14-4-8-16(30-2)9-5-14)22(29)28(20(18)26-19)15-6-10-17(11-7-15)32-21(23)24/h4-12,22H,13-14H2,1-3H3;2-10,20,23H,11-12H2,1H3;4-12,22H,3,13H2,1-2H3;4-12,21H,3,13H2,1-2H3/i3D3;;;. The average molecular weight is 1910 g/mol. The molecule has 8 amide bonds. The summed E-state index contributed by atoms with van der Waals surface area (Å²) in [6.45, 7) is -4.15. The summed E-state index contributed by atoms with van der Waals surface area (Å²) in [5.41, 5.74) is 8.88. The van der Waals surface area contributed by atoms with Gasteiger partial charge in [0.25, 0.3) is 18.7 Å². The van der Waals surface area contributed by atoms with Crippen molar-refractivity contribution in [1.29, 1.82) is 0 Å². The topological polar surface area (TPSA) is 308 Å². The normalized spacial score (nSPS) is 13.9. The van der Waals surface area contributed by atoms with E-state index in [9.17, 15) is 67.5 Å². The quantitative estimate of drug-likeness (QED) is 0.0455. The fourth-order valence-electron chi connectivity index (χ4n) is 15.3. The van der Waals surface area contributed by atoms with Gasteiger partial charge in [0.1, 0.15) is 40.1 Å². The third-order valence-electron chi connectivity index (χ3n) is 21.3. The van der Waals surface area contributed by atoms with Crippen molar-refractivity contribution >= 4 is 126 Å². The zero-order chi connectivity index (χ0) is 99.9. The molecule has 0 atom stereocenters. The smallest absolute Gasteiger partial charge is 0.387 e. The second-order valence-electron chi connectivity index (χ2n) is 30.4. The third-order valence-corrected chi connectivity index (χ3v) is 21.3. The van der Waals surface area contributed by atoms with E-state index in [0.717, 1.165) is 38.2 Å². The van der Waals surface area contributed by atoms with E-state index in [4.69, 9.17) is 32.5 Å². The summed E-state index contributed by atoms with van der Waals surface area (Å²) in [5, 5.41) is 15.6. The molecular formula is C94H81F11N20O13. The number of fused-ring (bicyclic) bond motifs is 7. The van der Waals surface area contributed by atoms with Crippen molar-refractivity contribution in [2.75, 3.05) is 79.8 Å². The van der Waals surface area contributed by atoms with Gasteiger partial charge in [0.15, 0.2) is 42.3 Å². The van der Waals surface area contributed by atoms with Gasteiger partial charge < -0.3 is 42.6 Å². The number of alkyl halides is 10. The minimum Gasteiger partial charge on any atom is -0.497 e. The molecule has 8 aromatic carbocycles. The van der Waals surface area contributed by atoms with Gasteiger partial charge in [-0.15, -0.1) is 0 Å². The summed E-state index contributed by atoms with van der Waals surface area (Å²) in [6, 6.07) is 46.6. The maximum absolute atomic E-state index is 14.7. The molecule has 0 bridgehead atoms. The number of carbonyl (C=O) groups is 4. The lowest BCUT2D eigenvalue weighted by Crippen LogP contribution is -2.45. The molecule has 138 heavy (non-hydrogen) atoms.